The van der Waals surface area contributed by atoms with Crippen molar-refractivity contribution in [2.45, 2.75) is 13.8 Å². The third kappa shape index (κ3) is 3.57. The second kappa shape index (κ2) is 9.19. The van der Waals surface area contributed by atoms with Crippen molar-refractivity contribution in [2.75, 3.05) is 0 Å². The fourth-order valence-electron chi connectivity index (χ4n) is 6.37. The Kier molecular flexibility index (Phi) is 5.29. The van der Waals surface area contributed by atoms with Crippen LogP contribution in [0.5, 0.6) is 0 Å². The number of benzene rings is 5. The van der Waals surface area contributed by atoms with Gasteiger partial charge in [-0.05, 0) is 74.0 Å². The number of para-hydroxylation sites is 2. The summed E-state index contributed by atoms with van der Waals surface area (Å²) in [6.07, 6.45) is 2.00. The van der Waals surface area contributed by atoms with Gasteiger partial charge in [0, 0.05) is 27.1 Å². The minimum Gasteiger partial charge on any atom is -0.307 e. The number of hydrogen-bond donors (Lipinski definition) is 0. The molecule has 8 rings (SSSR count). The Labute approximate surface area is 243 Å². The first-order valence-corrected chi connectivity index (χ1v) is 14.1. The maximum Gasteiger partial charge on any atom is 0.138 e. The van der Waals surface area contributed by atoms with Crippen molar-refractivity contribution in [3.05, 3.63) is 138 Å². The van der Waals surface area contributed by atoms with Gasteiger partial charge < -0.3 is 4.57 Å². The molecule has 0 spiro atoms. The minimum absolute atomic E-state index is 0.639. The zero-order valence-corrected chi connectivity index (χ0v) is 23.3. The molecule has 198 valence electrons. The Morgan fingerprint density at radius 1 is 0.571 bits per heavy atom. The molecule has 5 aromatic carbocycles. The number of fused-ring (bicyclic) bond motifs is 6. The molecule has 0 N–H and O–H groups in total. The molecular weight excluding hydrogens is 512 g/mol. The molecule has 0 aliphatic rings. The SMILES string of the molecule is Cc1ccc2c(c1)c1ccccc1n2-c1cc(-c2ccc(C#N)cc2)c(-n2c3ccccc3c3cc(C)ccc32)cn1. The predicted molar refractivity (Wildman–Crippen MR) is 173 cm³/mol. The number of hydrogen-bond acceptors (Lipinski definition) is 2. The lowest BCUT2D eigenvalue weighted by Gasteiger charge is -2.16. The van der Waals surface area contributed by atoms with Gasteiger partial charge in [-0.2, -0.15) is 5.26 Å². The molecule has 4 nitrogen and oxygen atoms in total. The summed E-state index contributed by atoms with van der Waals surface area (Å²) in [6, 6.07) is 42.6. The average molecular weight is 539 g/mol. The number of aromatic nitrogens is 3. The van der Waals surface area contributed by atoms with Crippen molar-refractivity contribution in [1.29, 1.82) is 5.26 Å². The highest BCUT2D eigenvalue weighted by Gasteiger charge is 2.19. The van der Waals surface area contributed by atoms with Gasteiger partial charge in [-0.3, -0.25) is 4.57 Å². The highest BCUT2D eigenvalue weighted by Crippen LogP contribution is 2.38. The normalized spacial score (nSPS) is 11.5. The molecule has 4 heteroatoms. The van der Waals surface area contributed by atoms with Gasteiger partial charge in [0.15, 0.2) is 0 Å². The summed E-state index contributed by atoms with van der Waals surface area (Å²) < 4.78 is 4.58. The van der Waals surface area contributed by atoms with Crippen molar-refractivity contribution in [2.24, 2.45) is 0 Å². The average Bonchev–Trinajstić information content (AvgIpc) is 3.53. The number of nitrogens with zero attached hydrogens (tertiary/aromatic N) is 4. The van der Waals surface area contributed by atoms with Crippen LogP contribution < -0.4 is 0 Å². The van der Waals surface area contributed by atoms with Gasteiger partial charge in [-0.15, -0.1) is 0 Å². The van der Waals surface area contributed by atoms with Gasteiger partial charge in [-0.1, -0.05) is 71.8 Å². The van der Waals surface area contributed by atoms with Crippen molar-refractivity contribution in [1.82, 2.24) is 14.1 Å². The van der Waals surface area contributed by atoms with Crippen molar-refractivity contribution in [3.63, 3.8) is 0 Å². The summed E-state index contributed by atoms with van der Waals surface area (Å²) in [5.74, 6) is 0.852. The van der Waals surface area contributed by atoms with E-state index in [-0.39, 0.29) is 0 Å². The molecule has 0 aliphatic carbocycles. The zero-order valence-electron chi connectivity index (χ0n) is 23.3. The summed E-state index contributed by atoms with van der Waals surface area (Å²) in [5, 5.41) is 14.3. The highest BCUT2D eigenvalue weighted by atomic mass is 15.1. The van der Waals surface area contributed by atoms with Crippen LogP contribution in [0.1, 0.15) is 16.7 Å². The lowest BCUT2D eigenvalue weighted by atomic mass is 10.0. The standard InChI is InChI=1S/C38H26N4/c1-24-11-17-35-31(19-24)28-7-3-5-9-33(28)41(35)37-23-40-38(21-30(37)27-15-13-26(22-39)14-16-27)42-34-10-6-4-8-29(34)32-20-25(2)12-18-36(32)42/h3-21,23H,1-2H3. The second-order valence-electron chi connectivity index (χ2n) is 11.0. The number of rotatable bonds is 3. The summed E-state index contributed by atoms with van der Waals surface area (Å²) in [6.45, 7) is 4.27. The van der Waals surface area contributed by atoms with E-state index in [1.165, 1.54) is 32.7 Å². The first-order valence-electron chi connectivity index (χ1n) is 14.1. The van der Waals surface area contributed by atoms with E-state index in [1.54, 1.807) is 0 Å². The lowest BCUT2D eigenvalue weighted by Crippen LogP contribution is -2.03. The van der Waals surface area contributed by atoms with Crippen molar-refractivity contribution < 1.29 is 0 Å². The first-order chi connectivity index (χ1) is 20.6. The molecule has 0 atom stereocenters. The number of pyridine rings is 1. The van der Waals surface area contributed by atoms with Crippen LogP contribution in [0.15, 0.2) is 121 Å². The molecule has 3 aromatic heterocycles. The fourth-order valence-corrected chi connectivity index (χ4v) is 6.37. The van der Waals surface area contributed by atoms with Crippen LogP contribution >= 0.6 is 0 Å². The van der Waals surface area contributed by atoms with Crippen LogP contribution in [-0.4, -0.2) is 14.1 Å². The van der Waals surface area contributed by atoms with Crippen LogP contribution in [0, 0.1) is 25.2 Å². The fraction of sp³-hybridized carbons (Fsp3) is 0.0526. The monoisotopic (exact) mass is 538 g/mol. The Morgan fingerprint density at radius 2 is 1.12 bits per heavy atom. The summed E-state index contributed by atoms with van der Waals surface area (Å²) in [5.41, 5.74) is 10.7. The Morgan fingerprint density at radius 3 is 1.74 bits per heavy atom. The summed E-state index contributed by atoms with van der Waals surface area (Å²) >= 11 is 0. The molecule has 0 bridgehead atoms. The molecule has 8 aromatic rings. The smallest absolute Gasteiger partial charge is 0.138 e. The Bertz CT molecular complexity index is 2380. The second-order valence-corrected chi connectivity index (χ2v) is 11.0. The van der Waals surface area contributed by atoms with Crippen LogP contribution in [0.4, 0.5) is 0 Å². The van der Waals surface area contributed by atoms with Crippen LogP contribution in [0.3, 0.4) is 0 Å². The molecule has 0 aliphatic heterocycles. The van der Waals surface area contributed by atoms with Crippen LogP contribution in [0.2, 0.25) is 0 Å². The minimum atomic E-state index is 0.639. The molecule has 0 saturated carbocycles. The van der Waals surface area contributed by atoms with E-state index in [9.17, 15) is 5.26 Å². The molecule has 0 amide bonds. The van der Waals surface area contributed by atoms with Crippen molar-refractivity contribution in [3.8, 4) is 28.7 Å². The summed E-state index contributed by atoms with van der Waals surface area (Å²) in [7, 11) is 0. The Balaban J connectivity index is 1.47. The Hall–Kier alpha value is -5.66. The van der Waals surface area contributed by atoms with Gasteiger partial charge >= 0.3 is 0 Å². The molecule has 0 saturated heterocycles. The first kappa shape index (κ1) is 24.2. The van der Waals surface area contributed by atoms with E-state index in [1.807, 2.05) is 30.5 Å². The third-order valence-corrected chi connectivity index (χ3v) is 8.32. The molecule has 0 fully saturated rings. The van der Waals surface area contributed by atoms with Gasteiger partial charge in [0.2, 0.25) is 0 Å². The quantitative estimate of drug-likeness (QED) is 0.225. The molecule has 0 radical (unpaired) electrons. The maximum absolute atomic E-state index is 9.49. The molecular formula is C38H26N4. The third-order valence-electron chi connectivity index (χ3n) is 8.32. The molecule has 3 heterocycles. The van der Waals surface area contributed by atoms with E-state index in [0.29, 0.717) is 5.56 Å². The van der Waals surface area contributed by atoms with E-state index < -0.39 is 0 Å². The van der Waals surface area contributed by atoms with Gasteiger partial charge in [-0.25, -0.2) is 4.98 Å². The lowest BCUT2D eigenvalue weighted by molar-refractivity contribution is 1.06. The zero-order chi connectivity index (χ0) is 28.4. The topological polar surface area (TPSA) is 46.5 Å². The van der Waals surface area contributed by atoms with Crippen LogP contribution in [0.25, 0.3) is 66.2 Å². The highest BCUT2D eigenvalue weighted by molar-refractivity contribution is 6.11. The van der Waals surface area contributed by atoms with Gasteiger partial charge in [0.1, 0.15) is 5.82 Å². The van der Waals surface area contributed by atoms with E-state index in [2.05, 4.69) is 120 Å². The molecule has 42 heavy (non-hydrogen) atoms. The number of nitriles is 1. The largest absolute Gasteiger partial charge is 0.307 e. The van der Waals surface area contributed by atoms with Crippen molar-refractivity contribution >= 4 is 43.6 Å². The molecule has 0 unspecified atom stereocenters. The van der Waals surface area contributed by atoms with Crippen LogP contribution in [-0.2, 0) is 0 Å². The van der Waals surface area contributed by atoms with Gasteiger partial charge in [0.05, 0.1) is 45.6 Å². The predicted octanol–water partition coefficient (Wildman–Crippen LogP) is 9.43. The van der Waals surface area contributed by atoms with Gasteiger partial charge in [0.25, 0.3) is 0 Å². The summed E-state index contributed by atoms with van der Waals surface area (Å²) in [4.78, 5) is 5.14. The maximum atomic E-state index is 9.49. The van der Waals surface area contributed by atoms with E-state index >= 15 is 0 Å². The van der Waals surface area contributed by atoms with E-state index in [4.69, 9.17) is 4.98 Å². The van der Waals surface area contributed by atoms with E-state index in [0.717, 1.165) is 44.7 Å². The number of aryl methyl sites for hydroxylation is 2.